The van der Waals surface area contributed by atoms with E-state index >= 15 is 0 Å². The number of aliphatic hydroxyl groups is 1. The van der Waals surface area contributed by atoms with Crippen LogP contribution in [-0.2, 0) is 30.7 Å². The van der Waals surface area contributed by atoms with E-state index in [4.69, 9.17) is 33.2 Å². The van der Waals surface area contributed by atoms with Crippen LogP contribution in [0.1, 0.15) is 45.1 Å². The topological polar surface area (TPSA) is 180 Å². The van der Waals surface area contributed by atoms with Crippen LogP contribution in [0.3, 0.4) is 0 Å². The van der Waals surface area contributed by atoms with Crippen molar-refractivity contribution < 1.29 is 56.3 Å². The molecule has 3 aromatic rings. The smallest absolute Gasteiger partial charge is 0.412 e. The summed E-state index contributed by atoms with van der Waals surface area (Å²) in [5.74, 6) is 1.70. The van der Waals surface area contributed by atoms with Crippen molar-refractivity contribution in [3.8, 4) is 23.0 Å². The molecule has 3 heterocycles. The van der Waals surface area contributed by atoms with Crippen LogP contribution in [-0.4, -0.2) is 101 Å². The van der Waals surface area contributed by atoms with Gasteiger partial charge in [-0.15, -0.1) is 0 Å². The highest BCUT2D eigenvalue weighted by molar-refractivity contribution is 7.89. The molecule has 0 bridgehead atoms. The highest BCUT2D eigenvalue weighted by Gasteiger charge is 2.44. The first-order valence-electron chi connectivity index (χ1n) is 18.8. The van der Waals surface area contributed by atoms with E-state index in [-0.39, 0.29) is 43.7 Å². The lowest BCUT2D eigenvalue weighted by molar-refractivity contribution is -0.0907. The van der Waals surface area contributed by atoms with Gasteiger partial charge in [0.15, 0.2) is 17.8 Å². The molecule has 0 aliphatic carbocycles. The molecule has 5 atom stereocenters. The Morgan fingerprint density at radius 2 is 1.71 bits per heavy atom. The fourth-order valence-electron chi connectivity index (χ4n) is 7.05. The van der Waals surface area contributed by atoms with Gasteiger partial charge < -0.3 is 48.9 Å². The number of ether oxygens (including phenoxy) is 7. The summed E-state index contributed by atoms with van der Waals surface area (Å²) >= 11 is 0. The first-order valence-corrected chi connectivity index (χ1v) is 20.3. The summed E-state index contributed by atoms with van der Waals surface area (Å²) in [6.45, 7) is 4.67. The molecule has 2 saturated heterocycles. The Balaban J connectivity index is 1.12. The summed E-state index contributed by atoms with van der Waals surface area (Å²) in [6, 6.07) is 19.5. The Bertz CT molecular complexity index is 1880. The number of fused-ring (bicyclic) bond motifs is 2. The second kappa shape index (κ2) is 18.6. The molecular formula is C40H51N3O12S. The van der Waals surface area contributed by atoms with Gasteiger partial charge >= 0.3 is 12.2 Å². The largest absolute Gasteiger partial charge is 0.497 e. The number of carbonyl (C=O) groups is 2. The fourth-order valence-corrected chi connectivity index (χ4v) is 8.72. The third-order valence-corrected chi connectivity index (χ3v) is 11.9. The summed E-state index contributed by atoms with van der Waals surface area (Å²) in [5, 5.41) is 17.4. The molecule has 2 amide bonds. The van der Waals surface area contributed by atoms with Crippen LogP contribution in [0.4, 0.5) is 9.59 Å². The Morgan fingerprint density at radius 1 is 0.964 bits per heavy atom. The van der Waals surface area contributed by atoms with Crippen LogP contribution in [0, 0.1) is 11.3 Å². The molecular weight excluding hydrogens is 747 g/mol. The van der Waals surface area contributed by atoms with Crippen LogP contribution >= 0.6 is 0 Å². The maximum Gasteiger partial charge on any atom is 0.412 e. The van der Waals surface area contributed by atoms with Crippen molar-refractivity contribution in [3.05, 3.63) is 78.4 Å². The van der Waals surface area contributed by atoms with Crippen molar-refractivity contribution in [2.45, 2.75) is 75.4 Å². The summed E-state index contributed by atoms with van der Waals surface area (Å²) in [4.78, 5) is 25.6. The van der Waals surface area contributed by atoms with Crippen LogP contribution in [0.2, 0.25) is 0 Å². The van der Waals surface area contributed by atoms with Gasteiger partial charge in [0.2, 0.25) is 16.8 Å². The first-order chi connectivity index (χ1) is 26.9. The molecule has 0 saturated carbocycles. The Labute approximate surface area is 327 Å². The van der Waals surface area contributed by atoms with E-state index < -0.39 is 52.2 Å². The number of rotatable bonds is 18. The fraction of sp³-hybridized carbons (Fsp3) is 0.500. The Morgan fingerprint density at radius 3 is 2.48 bits per heavy atom. The standard InChI is InChI=1S/C40H51N3O12S/c1-40(2,18-7-8-19-41-38(45)54-29-13-11-28(49-3)12-14-29)25-43(56(47,48)30-15-16-34-35(22-30)53-26-52-34)23-33(44)32(21-27-9-5-4-6-10-27)42-39(46)55-36-24-51-37-31(36)17-20-50-37/h4-6,9-16,22,31-33,36-37,44H,7-8,17-21,23-26H2,1-3H3,(H,41,45)(H,42,46)/t31-,32-,33+,36-,37+/m0/s1. The van der Waals surface area contributed by atoms with Gasteiger partial charge in [0.05, 0.1) is 43.3 Å². The van der Waals surface area contributed by atoms with Crippen LogP contribution < -0.4 is 29.6 Å². The van der Waals surface area contributed by atoms with Crippen LogP contribution in [0.15, 0.2) is 77.7 Å². The molecule has 3 aliphatic heterocycles. The number of carbonyl (C=O) groups excluding carboxylic acids is 2. The summed E-state index contributed by atoms with van der Waals surface area (Å²) in [7, 11) is -2.66. The number of methoxy groups -OCH3 is 1. The molecule has 16 heteroatoms. The molecule has 56 heavy (non-hydrogen) atoms. The van der Waals surface area contributed by atoms with Crippen molar-refractivity contribution in [2.75, 3.05) is 46.8 Å². The average Bonchev–Trinajstić information content (AvgIpc) is 3.94. The lowest BCUT2D eigenvalue weighted by Crippen LogP contribution is -2.52. The maximum absolute atomic E-state index is 14.4. The minimum Gasteiger partial charge on any atom is -0.497 e. The van der Waals surface area contributed by atoms with E-state index in [2.05, 4.69) is 10.6 Å². The lowest BCUT2D eigenvalue weighted by atomic mass is 9.87. The van der Waals surface area contributed by atoms with Gasteiger partial charge in [0.1, 0.15) is 17.6 Å². The number of nitrogens with zero attached hydrogens (tertiary/aromatic N) is 1. The summed E-state index contributed by atoms with van der Waals surface area (Å²) in [5.41, 5.74) is 0.258. The zero-order valence-electron chi connectivity index (χ0n) is 31.9. The molecule has 0 radical (unpaired) electrons. The van der Waals surface area contributed by atoms with Crippen LogP contribution in [0.5, 0.6) is 23.0 Å². The number of aliphatic hydroxyl groups excluding tert-OH is 1. The summed E-state index contributed by atoms with van der Waals surface area (Å²) < 4.78 is 68.4. The molecule has 6 rings (SSSR count). The van der Waals surface area contributed by atoms with E-state index in [1.54, 1.807) is 37.4 Å². The Kier molecular flexibility index (Phi) is 13.6. The van der Waals surface area contributed by atoms with Gasteiger partial charge in [-0.05, 0) is 73.1 Å². The van der Waals surface area contributed by atoms with E-state index in [0.29, 0.717) is 61.8 Å². The van der Waals surface area contributed by atoms with E-state index in [0.717, 1.165) is 5.56 Å². The van der Waals surface area contributed by atoms with Gasteiger partial charge in [-0.25, -0.2) is 18.0 Å². The van der Waals surface area contributed by atoms with Crippen molar-refractivity contribution in [1.82, 2.24) is 14.9 Å². The molecule has 304 valence electrons. The van der Waals surface area contributed by atoms with Crippen molar-refractivity contribution in [3.63, 3.8) is 0 Å². The van der Waals surface area contributed by atoms with E-state index in [1.165, 1.54) is 16.4 Å². The Hall–Kier alpha value is -4.61. The second-order valence-corrected chi connectivity index (χ2v) is 16.8. The minimum absolute atomic E-state index is 0.0211. The predicted molar refractivity (Wildman–Crippen MR) is 203 cm³/mol. The summed E-state index contributed by atoms with van der Waals surface area (Å²) in [6.07, 6.45) is -0.786. The number of hydrogen-bond acceptors (Lipinski definition) is 12. The normalized spacial score (nSPS) is 19.9. The minimum atomic E-state index is -4.21. The predicted octanol–water partition coefficient (Wildman–Crippen LogP) is 4.86. The number of benzene rings is 3. The molecule has 0 spiro atoms. The third kappa shape index (κ3) is 10.8. The highest BCUT2D eigenvalue weighted by Crippen LogP contribution is 2.36. The zero-order valence-corrected chi connectivity index (χ0v) is 32.7. The molecule has 0 aromatic heterocycles. The van der Waals surface area contributed by atoms with Crippen molar-refractivity contribution >= 4 is 22.2 Å². The molecule has 3 N–H and O–H groups in total. The number of nitrogens with one attached hydrogen (secondary N) is 2. The third-order valence-electron chi connectivity index (χ3n) is 10.1. The van der Waals surface area contributed by atoms with Crippen molar-refractivity contribution in [2.24, 2.45) is 11.3 Å². The van der Waals surface area contributed by atoms with E-state index in [9.17, 15) is 23.1 Å². The quantitative estimate of drug-likeness (QED) is 0.149. The molecule has 15 nitrogen and oxygen atoms in total. The monoisotopic (exact) mass is 797 g/mol. The highest BCUT2D eigenvalue weighted by atomic mass is 32.2. The van der Waals surface area contributed by atoms with Gasteiger partial charge in [0, 0.05) is 25.7 Å². The SMILES string of the molecule is COc1ccc(OC(=O)NCCCCC(C)(C)CN(C[C@@H](O)[C@H](Cc2ccccc2)NC(=O)O[C@H]2CO[C@H]3OCC[C@H]32)S(=O)(=O)c2ccc3c(c2)OCO3)cc1. The maximum atomic E-state index is 14.4. The van der Waals surface area contributed by atoms with Crippen molar-refractivity contribution in [1.29, 1.82) is 0 Å². The van der Waals surface area contributed by atoms with Gasteiger partial charge in [-0.2, -0.15) is 4.31 Å². The molecule has 3 aliphatic rings. The zero-order chi connectivity index (χ0) is 39.7. The number of unbranched alkanes of at least 4 members (excludes halogenated alkanes) is 1. The number of sulfonamides is 1. The molecule has 2 fully saturated rings. The number of alkyl carbamates (subject to hydrolysis) is 1. The first kappa shape index (κ1) is 41.0. The number of amides is 2. The number of hydrogen-bond donors (Lipinski definition) is 3. The van der Waals surface area contributed by atoms with Crippen LogP contribution in [0.25, 0.3) is 0 Å². The van der Waals surface area contributed by atoms with Gasteiger partial charge in [0.25, 0.3) is 0 Å². The van der Waals surface area contributed by atoms with Gasteiger partial charge in [-0.3, -0.25) is 0 Å². The van der Waals surface area contributed by atoms with E-state index in [1.807, 2.05) is 44.2 Å². The molecule has 3 aromatic carbocycles. The molecule has 0 unspecified atom stereocenters. The van der Waals surface area contributed by atoms with Gasteiger partial charge in [-0.1, -0.05) is 50.6 Å². The lowest BCUT2D eigenvalue weighted by Gasteiger charge is -2.35. The average molecular weight is 798 g/mol. The second-order valence-electron chi connectivity index (χ2n) is 14.9.